The van der Waals surface area contributed by atoms with Crippen LogP contribution in [-0.2, 0) is 14.3 Å². The summed E-state index contributed by atoms with van der Waals surface area (Å²) in [4.78, 5) is 35.5. The molecule has 1 N–H and O–H groups in total. The van der Waals surface area contributed by atoms with Crippen LogP contribution in [0.1, 0.15) is 43.0 Å². The van der Waals surface area contributed by atoms with E-state index in [2.05, 4.69) is 0 Å². The molecule has 0 unspecified atom stereocenters. The van der Waals surface area contributed by atoms with Crippen LogP contribution in [-0.4, -0.2) is 28.9 Å². The molecule has 1 aliphatic rings. The molecule has 0 aromatic heterocycles. The lowest BCUT2D eigenvalue weighted by molar-refractivity contribution is -0.153. The van der Waals surface area contributed by atoms with Crippen molar-refractivity contribution in [2.45, 2.75) is 38.7 Å². The lowest BCUT2D eigenvalue weighted by atomic mass is 9.83. The highest BCUT2D eigenvalue weighted by Crippen LogP contribution is 2.35. The molecule has 1 aromatic rings. The van der Waals surface area contributed by atoms with Crippen molar-refractivity contribution in [1.29, 1.82) is 0 Å². The second-order valence-electron chi connectivity index (χ2n) is 5.59. The number of carbonyl (C=O) groups excluding carboxylic acids is 2. The fourth-order valence-electron chi connectivity index (χ4n) is 2.87. The van der Waals surface area contributed by atoms with Crippen LogP contribution in [0.15, 0.2) is 30.3 Å². The van der Waals surface area contributed by atoms with Crippen molar-refractivity contribution in [2.24, 2.45) is 11.8 Å². The first-order valence-electron chi connectivity index (χ1n) is 7.56. The molecule has 1 heterocycles. The Morgan fingerprint density at radius 2 is 1.91 bits per heavy atom. The van der Waals surface area contributed by atoms with Gasteiger partial charge in [-0.15, -0.1) is 0 Å². The minimum Gasteiger partial charge on any atom is -0.481 e. The largest absolute Gasteiger partial charge is 0.481 e. The molecule has 22 heavy (non-hydrogen) atoms. The number of Topliss-reactive ketones (excluding diaryl/α,β-unsaturated/α-hetero) is 1. The van der Waals surface area contributed by atoms with Gasteiger partial charge in [-0.3, -0.25) is 14.4 Å². The Labute approximate surface area is 129 Å². The van der Waals surface area contributed by atoms with E-state index in [1.807, 2.05) is 13.0 Å². The SMILES string of the molecule is CCCC[C@@H]1OC(=O)[C@H](C(=O)O)[C@@H]1CC(=O)c1ccccc1. The fourth-order valence-corrected chi connectivity index (χ4v) is 2.87. The number of rotatable bonds is 7. The average Bonchev–Trinajstić information content (AvgIpc) is 2.81. The molecule has 1 aromatic carbocycles. The third-order valence-corrected chi connectivity index (χ3v) is 4.05. The van der Waals surface area contributed by atoms with Crippen molar-refractivity contribution in [1.82, 2.24) is 0 Å². The van der Waals surface area contributed by atoms with Crippen molar-refractivity contribution in [3.63, 3.8) is 0 Å². The van der Waals surface area contributed by atoms with Crippen LogP contribution in [0.25, 0.3) is 0 Å². The molecule has 2 rings (SSSR count). The zero-order chi connectivity index (χ0) is 16.1. The maximum Gasteiger partial charge on any atom is 0.321 e. The number of ether oxygens (including phenoxy) is 1. The predicted molar refractivity (Wildman–Crippen MR) is 79.4 cm³/mol. The van der Waals surface area contributed by atoms with Crippen LogP contribution in [0.3, 0.4) is 0 Å². The minimum absolute atomic E-state index is 0.0150. The fraction of sp³-hybridized carbons (Fsp3) is 0.471. The monoisotopic (exact) mass is 304 g/mol. The molecular formula is C17H20O5. The summed E-state index contributed by atoms with van der Waals surface area (Å²) in [5.41, 5.74) is 0.528. The topological polar surface area (TPSA) is 80.7 Å². The third-order valence-electron chi connectivity index (χ3n) is 4.05. The Bertz CT molecular complexity index is 551. The van der Waals surface area contributed by atoms with Gasteiger partial charge in [-0.25, -0.2) is 0 Å². The molecule has 0 amide bonds. The number of cyclic esters (lactones) is 1. The van der Waals surface area contributed by atoms with Gasteiger partial charge in [-0.1, -0.05) is 50.1 Å². The molecule has 3 atom stereocenters. The van der Waals surface area contributed by atoms with E-state index in [1.165, 1.54) is 0 Å². The Hall–Kier alpha value is -2.17. The molecule has 0 saturated carbocycles. The van der Waals surface area contributed by atoms with Gasteiger partial charge in [-0.2, -0.15) is 0 Å². The van der Waals surface area contributed by atoms with Gasteiger partial charge in [0.25, 0.3) is 0 Å². The summed E-state index contributed by atoms with van der Waals surface area (Å²) in [5.74, 6) is -3.93. The molecule has 0 aliphatic carbocycles. The molecule has 0 spiro atoms. The molecule has 1 saturated heterocycles. The Morgan fingerprint density at radius 3 is 2.50 bits per heavy atom. The van der Waals surface area contributed by atoms with E-state index in [0.29, 0.717) is 12.0 Å². The van der Waals surface area contributed by atoms with E-state index in [-0.39, 0.29) is 12.2 Å². The van der Waals surface area contributed by atoms with Crippen molar-refractivity contribution in [3.05, 3.63) is 35.9 Å². The van der Waals surface area contributed by atoms with Crippen LogP contribution in [0, 0.1) is 11.8 Å². The minimum atomic E-state index is -1.24. The Balaban J connectivity index is 2.16. The Morgan fingerprint density at radius 1 is 1.23 bits per heavy atom. The predicted octanol–water partition coefficient (Wildman–Crippen LogP) is 2.69. The standard InChI is InChI=1S/C17H20O5/c1-2-3-9-14-12(15(16(19)20)17(21)22-14)10-13(18)11-7-5-4-6-8-11/h4-8,12,14-15H,2-3,9-10H2,1H3,(H,19,20)/t12-,14+,15+/m1/s1. The second-order valence-corrected chi connectivity index (χ2v) is 5.59. The van der Waals surface area contributed by atoms with Gasteiger partial charge in [0.2, 0.25) is 0 Å². The highest BCUT2D eigenvalue weighted by Gasteiger charge is 2.49. The van der Waals surface area contributed by atoms with Gasteiger partial charge in [0.05, 0.1) is 0 Å². The lowest BCUT2D eigenvalue weighted by Crippen LogP contribution is -2.29. The summed E-state index contributed by atoms with van der Waals surface area (Å²) in [6, 6.07) is 8.70. The molecule has 1 aliphatic heterocycles. The van der Waals surface area contributed by atoms with E-state index < -0.39 is 29.9 Å². The third kappa shape index (κ3) is 3.53. The van der Waals surface area contributed by atoms with Crippen LogP contribution < -0.4 is 0 Å². The lowest BCUT2D eigenvalue weighted by Gasteiger charge is -2.18. The van der Waals surface area contributed by atoms with E-state index >= 15 is 0 Å². The highest BCUT2D eigenvalue weighted by molar-refractivity contribution is 5.99. The first-order valence-corrected chi connectivity index (χ1v) is 7.56. The van der Waals surface area contributed by atoms with E-state index in [1.54, 1.807) is 24.3 Å². The number of carboxylic acid groups (broad SMARTS) is 1. The number of hydrogen-bond acceptors (Lipinski definition) is 4. The number of esters is 1. The molecule has 5 heteroatoms. The van der Waals surface area contributed by atoms with Gasteiger partial charge in [0, 0.05) is 17.9 Å². The maximum atomic E-state index is 12.3. The smallest absolute Gasteiger partial charge is 0.321 e. The molecule has 5 nitrogen and oxygen atoms in total. The van der Waals surface area contributed by atoms with Crippen molar-refractivity contribution < 1.29 is 24.2 Å². The van der Waals surface area contributed by atoms with Crippen LogP contribution in [0.5, 0.6) is 0 Å². The second kappa shape index (κ2) is 7.20. The number of aliphatic carboxylic acids is 1. The van der Waals surface area contributed by atoms with Crippen molar-refractivity contribution >= 4 is 17.7 Å². The van der Waals surface area contributed by atoms with Gasteiger partial charge in [0.15, 0.2) is 11.7 Å². The molecule has 0 radical (unpaired) electrons. The average molecular weight is 304 g/mol. The molecular weight excluding hydrogens is 284 g/mol. The number of carbonyl (C=O) groups is 3. The zero-order valence-electron chi connectivity index (χ0n) is 12.5. The molecule has 0 bridgehead atoms. The van der Waals surface area contributed by atoms with Gasteiger partial charge in [0.1, 0.15) is 6.10 Å². The normalized spacial score (nSPS) is 24.0. The molecule has 1 fully saturated rings. The van der Waals surface area contributed by atoms with E-state index in [0.717, 1.165) is 12.8 Å². The Kier molecular flexibility index (Phi) is 5.31. The number of ketones is 1. The van der Waals surface area contributed by atoms with E-state index in [4.69, 9.17) is 4.74 Å². The van der Waals surface area contributed by atoms with E-state index in [9.17, 15) is 19.5 Å². The first kappa shape index (κ1) is 16.2. The van der Waals surface area contributed by atoms with Gasteiger partial charge >= 0.3 is 11.9 Å². The van der Waals surface area contributed by atoms with Gasteiger partial charge < -0.3 is 9.84 Å². The zero-order valence-corrected chi connectivity index (χ0v) is 12.5. The highest BCUT2D eigenvalue weighted by atomic mass is 16.6. The van der Waals surface area contributed by atoms with Crippen LogP contribution in [0.4, 0.5) is 0 Å². The number of hydrogen-bond donors (Lipinski definition) is 1. The first-order chi connectivity index (χ1) is 10.5. The van der Waals surface area contributed by atoms with Gasteiger partial charge in [-0.05, 0) is 6.42 Å². The summed E-state index contributed by atoms with van der Waals surface area (Å²) in [7, 11) is 0. The summed E-state index contributed by atoms with van der Waals surface area (Å²) < 4.78 is 5.21. The summed E-state index contributed by atoms with van der Waals surface area (Å²) >= 11 is 0. The quantitative estimate of drug-likeness (QED) is 0.476. The summed E-state index contributed by atoms with van der Waals surface area (Å²) in [5, 5.41) is 9.27. The van der Waals surface area contributed by atoms with Crippen molar-refractivity contribution in [2.75, 3.05) is 0 Å². The maximum absolute atomic E-state index is 12.3. The summed E-state index contributed by atoms with van der Waals surface area (Å²) in [6.07, 6.45) is 1.88. The van der Waals surface area contributed by atoms with Crippen LogP contribution >= 0.6 is 0 Å². The van der Waals surface area contributed by atoms with Crippen LogP contribution in [0.2, 0.25) is 0 Å². The molecule has 118 valence electrons. The number of carboxylic acids is 1. The number of unbranched alkanes of at least 4 members (excludes halogenated alkanes) is 1. The summed E-state index contributed by atoms with van der Waals surface area (Å²) in [6.45, 7) is 2.01. The van der Waals surface area contributed by atoms with Crippen molar-refractivity contribution in [3.8, 4) is 0 Å². The number of benzene rings is 1.